The van der Waals surface area contributed by atoms with Gasteiger partial charge in [-0.25, -0.2) is 34.7 Å². The fourth-order valence-electron chi connectivity index (χ4n) is 6.57. The van der Waals surface area contributed by atoms with E-state index in [1.165, 1.54) is 28.9 Å². The van der Waals surface area contributed by atoms with E-state index in [2.05, 4.69) is 89.0 Å². The SMILES string of the molecule is CC(C)(C)c1ncc(C(=O)O)s1.Cc1cc(-c2ccnc(Nc3cnn(CCO)c3)n2)ccc1CN.Cc1cc(-c2ccnc(Nc3cnn(CCO)c3)n2)ccc1CNC(=O)c1cnc(C(C)(C)C)s1. The molecule has 0 saturated carbocycles. The van der Waals surface area contributed by atoms with Gasteiger partial charge >= 0.3 is 5.97 Å². The van der Waals surface area contributed by atoms with Crippen LogP contribution in [0.1, 0.15) is 93.2 Å². The van der Waals surface area contributed by atoms with E-state index in [0.717, 1.165) is 66.2 Å². The van der Waals surface area contributed by atoms with Gasteiger partial charge in [-0.3, -0.25) is 14.2 Å². The minimum Gasteiger partial charge on any atom is -0.477 e. The molecule has 0 radical (unpaired) electrons. The molecule has 0 aliphatic heterocycles. The quantitative estimate of drug-likeness (QED) is 0.0512. The molecule has 8 N–H and O–H groups in total. The number of aromatic carboxylic acids is 1. The van der Waals surface area contributed by atoms with Crippen molar-refractivity contribution < 1.29 is 24.9 Å². The molecule has 0 unspecified atom stereocenters. The van der Waals surface area contributed by atoms with Crippen LogP contribution in [0.5, 0.6) is 0 Å². The molecule has 0 aliphatic rings. The lowest BCUT2D eigenvalue weighted by Gasteiger charge is -2.13. The van der Waals surface area contributed by atoms with Crippen molar-refractivity contribution in [3.05, 3.63) is 140 Å². The molecular weight excluding hydrogens is 941 g/mol. The number of benzene rings is 2. The number of aryl methyl sites for hydroxylation is 2. The summed E-state index contributed by atoms with van der Waals surface area (Å²) in [7, 11) is 0. The van der Waals surface area contributed by atoms with Crippen LogP contribution in [0.4, 0.5) is 23.3 Å². The lowest BCUT2D eigenvalue weighted by molar-refractivity contribution is 0.0701. The van der Waals surface area contributed by atoms with Crippen LogP contribution < -0.4 is 21.7 Å². The highest BCUT2D eigenvalue weighted by atomic mass is 32.1. The summed E-state index contributed by atoms with van der Waals surface area (Å²) in [6.07, 6.45) is 13.4. The number of rotatable bonds is 15. The number of hydrogen-bond acceptors (Lipinski definition) is 17. The number of anilines is 4. The Balaban J connectivity index is 0.000000197. The first kappa shape index (κ1) is 53.1. The van der Waals surface area contributed by atoms with Gasteiger partial charge in [-0.05, 0) is 60.4 Å². The summed E-state index contributed by atoms with van der Waals surface area (Å²) in [5.74, 6) is -0.0610. The van der Waals surface area contributed by atoms with Gasteiger partial charge in [0.15, 0.2) is 0 Å². The predicted molar refractivity (Wildman–Crippen MR) is 277 cm³/mol. The zero-order valence-electron chi connectivity index (χ0n) is 41.0. The molecule has 0 spiro atoms. The summed E-state index contributed by atoms with van der Waals surface area (Å²) in [5.41, 5.74) is 15.1. The van der Waals surface area contributed by atoms with Crippen molar-refractivity contribution in [3.8, 4) is 22.5 Å². The Bertz CT molecular complexity index is 3040. The highest BCUT2D eigenvalue weighted by molar-refractivity contribution is 7.14. The van der Waals surface area contributed by atoms with Crippen LogP contribution in [-0.4, -0.2) is 89.9 Å². The van der Waals surface area contributed by atoms with Crippen LogP contribution in [-0.2, 0) is 37.0 Å². The molecular formula is C50H60N14O5S2. The molecule has 8 rings (SSSR count). The standard InChI is InChI=1S/C25H29N7O2S.C17H20N6O.C8H11NO2S/c1-16-11-17(20-7-8-26-24(31-20)30-19-13-29-32(15-19)9-10-33)5-6-18(16)12-27-22(34)21-14-28-23(35-21)25(2,3)4;1-12-8-13(2-3-14(12)9-18)16-4-5-19-17(22-16)21-15-10-20-23(11-15)6-7-24;1-8(2,3)7-9-4-5(12-7)6(10)11/h5-8,11,13-15,33H,9-10,12H2,1-4H3,(H,27,34)(H,26,30,31);2-5,8,10-11,24H,6-7,9,18H2,1H3,(H,19,21,22);4H,1-3H3,(H,10,11). The minimum absolute atomic E-state index is 0.0233. The van der Waals surface area contributed by atoms with Gasteiger partial charge in [0.05, 0.1) is 83.9 Å². The smallest absolute Gasteiger partial charge is 0.347 e. The number of aliphatic hydroxyl groups excluding tert-OH is 2. The van der Waals surface area contributed by atoms with Crippen molar-refractivity contribution in [3.63, 3.8) is 0 Å². The van der Waals surface area contributed by atoms with Gasteiger partial charge < -0.3 is 37.0 Å². The van der Waals surface area contributed by atoms with E-state index in [9.17, 15) is 9.59 Å². The van der Waals surface area contributed by atoms with Crippen molar-refractivity contribution in [2.45, 2.75) is 92.4 Å². The van der Waals surface area contributed by atoms with Crippen LogP contribution in [0, 0.1) is 13.8 Å². The topological polar surface area (TPSA) is 270 Å². The second-order valence-electron chi connectivity index (χ2n) is 18.2. The zero-order chi connectivity index (χ0) is 51.3. The van der Waals surface area contributed by atoms with E-state index in [1.807, 2.05) is 71.0 Å². The maximum atomic E-state index is 12.6. The Kier molecular flexibility index (Phi) is 17.9. The number of carboxylic acids is 1. The average molecular weight is 1000 g/mol. The van der Waals surface area contributed by atoms with E-state index in [4.69, 9.17) is 21.1 Å². The normalized spacial score (nSPS) is 11.3. The lowest BCUT2D eigenvalue weighted by atomic mass is 9.98. The molecule has 0 bridgehead atoms. The molecule has 8 aromatic rings. The van der Waals surface area contributed by atoms with Crippen LogP contribution in [0.3, 0.4) is 0 Å². The fraction of sp³-hybridized carbons (Fsp3) is 0.320. The summed E-state index contributed by atoms with van der Waals surface area (Å²) in [5, 5.41) is 46.0. The highest BCUT2D eigenvalue weighted by Gasteiger charge is 2.21. The number of carbonyl (C=O) groups excluding carboxylic acids is 1. The van der Waals surface area contributed by atoms with Gasteiger partial charge in [-0.2, -0.15) is 10.2 Å². The Hall–Kier alpha value is -7.30. The number of amides is 1. The molecule has 0 aliphatic carbocycles. The molecule has 71 heavy (non-hydrogen) atoms. The first-order chi connectivity index (χ1) is 33.8. The molecule has 6 heterocycles. The second kappa shape index (κ2) is 24.0. The second-order valence-corrected chi connectivity index (χ2v) is 20.3. The van der Waals surface area contributed by atoms with E-state index >= 15 is 0 Å². The molecule has 372 valence electrons. The summed E-state index contributed by atoms with van der Waals surface area (Å²) in [4.78, 5) is 50.2. The number of hydrogen-bond donors (Lipinski definition) is 7. The third-order valence-electron chi connectivity index (χ3n) is 10.4. The Morgan fingerprint density at radius 1 is 0.648 bits per heavy atom. The number of nitrogens with zero attached hydrogens (tertiary/aromatic N) is 10. The van der Waals surface area contributed by atoms with Crippen LogP contribution in [0.2, 0.25) is 0 Å². The average Bonchev–Trinajstić information content (AvgIpc) is 4.18. The predicted octanol–water partition coefficient (Wildman–Crippen LogP) is 8.05. The first-order valence-corrected chi connectivity index (χ1v) is 24.3. The third kappa shape index (κ3) is 15.1. The van der Waals surface area contributed by atoms with E-state index in [1.54, 1.807) is 52.7 Å². The number of carboxylic acid groups (broad SMARTS) is 1. The molecule has 6 aromatic heterocycles. The summed E-state index contributed by atoms with van der Waals surface area (Å²) in [6.45, 7) is 18.3. The molecule has 21 heteroatoms. The van der Waals surface area contributed by atoms with Crippen molar-refractivity contribution in [1.82, 2.24) is 54.8 Å². The lowest BCUT2D eigenvalue weighted by Crippen LogP contribution is -2.22. The number of nitrogens with one attached hydrogen (secondary N) is 3. The van der Waals surface area contributed by atoms with E-state index in [0.29, 0.717) is 47.8 Å². The van der Waals surface area contributed by atoms with Gasteiger partial charge in [0, 0.05) is 59.8 Å². The van der Waals surface area contributed by atoms with Gasteiger partial charge in [-0.15, -0.1) is 22.7 Å². The van der Waals surface area contributed by atoms with E-state index in [-0.39, 0.29) is 30.0 Å². The molecule has 0 fully saturated rings. The summed E-state index contributed by atoms with van der Waals surface area (Å²) >= 11 is 2.67. The van der Waals surface area contributed by atoms with Crippen LogP contribution >= 0.6 is 22.7 Å². The van der Waals surface area contributed by atoms with Crippen molar-refractivity contribution in [2.24, 2.45) is 5.73 Å². The fourth-order valence-corrected chi connectivity index (χ4v) is 8.27. The van der Waals surface area contributed by atoms with Gasteiger partial charge in [0.2, 0.25) is 11.9 Å². The van der Waals surface area contributed by atoms with E-state index < -0.39 is 5.97 Å². The van der Waals surface area contributed by atoms with Gasteiger partial charge in [0.25, 0.3) is 5.91 Å². The number of thiazole rings is 2. The first-order valence-electron chi connectivity index (χ1n) is 22.6. The largest absolute Gasteiger partial charge is 0.477 e. The Morgan fingerprint density at radius 2 is 1.11 bits per heavy atom. The maximum Gasteiger partial charge on any atom is 0.347 e. The zero-order valence-corrected chi connectivity index (χ0v) is 42.6. The molecule has 1 amide bonds. The van der Waals surface area contributed by atoms with Crippen molar-refractivity contribution in [1.29, 1.82) is 0 Å². The summed E-state index contributed by atoms with van der Waals surface area (Å²) in [6, 6.07) is 15.9. The Morgan fingerprint density at radius 3 is 1.52 bits per heavy atom. The minimum atomic E-state index is -0.900. The summed E-state index contributed by atoms with van der Waals surface area (Å²) < 4.78 is 3.30. The number of aliphatic hydroxyl groups is 2. The maximum absolute atomic E-state index is 12.6. The monoisotopic (exact) mass is 1000 g/mol. The third-order valence-corrected chi connectivity index (χ3v) is 13.2. The molecule has 0 atom stereocenters. The van der Waals surface area contributed by atoms with Crippen molar-refractivity contribution in [2.75, 3.05) is 23.8 Å². The Labute approximate surface area is 420 Å². The molecule has 0 saturated heterocycles. The van der Waals surface area contributed by atoms with Crippen molar-refractivity contribution >= 4 is 57.8 Å². The van der Waals surface area contributed by atoms with Crippen LogP contribution in [0.15, 0.2) is 98.1 Å². The van der Waals surface area contributed by atoms with Gasteiger partial charge in [-0.1, -0.05) is 65.8 Å². The number of aromatic nitrogens is 10. The molecule has 19 nitrogen and oxygen atoms in total. The number of nitrogens with two attached hydrogens (primary N) is 1. The highest BCUT2D eigenvalue weighted by Crippen LogP contribution is 2.29. The van der Waals surface area contributed by atoms with Gasteiger partial charge in [0.1, 0.15) is 9.75 Å². The molecule has 2 aromatic carbocycles. The van der Waals surface area contributed by atoms with Crippen LogP contribution in [0.25, 0.3) is 22.5 Å². The number of carbonyl (C=O) groups is 2.